The first-order chi connectivity index (χ1) is 7.05. The Morgan fingerprint density at radius 1 is 1.27 bits per heavy atom. The average Bonchev–Trinajstić information content (AvgIpc) is 2.69. The van der Waals surface area contributed by atoms with Crippen LogP contribution in [0.5, 0.6) is 0 Å². The maximum Gasteiger partial charge on any atom is 0.0824 e. The average molecular weight is 211 g/mol. The molecule has 0 fully saturated rings. The summed E-state index contributed by atoms with van der Waals surface area (Å²) in [7, 11) is 0. The molecule has 1 N–H and O–H groups in total. The third kappa shape index (κ3) is 7.11. The molecule has 0 aromatic carbocycles. The molecule has 3 heteroatoms. The van der Waals surface area contributed by atoms with Crippen LogP contribution < -0.4 is 0 Å². The smallest absolute Gasteiger partial charge is 0.0824 e. The minimum atomic E-state index is 0.430. The number of nitrogens with one attached hydrogen (secondary N) is 1. The normalized spacial score (nSPS) is 10.7. The summed E-state index contributed by atoms with van der Waals surface area (Å²) in [6.07, 6.45) is 6.46. The molecule has 0 unspecified atom stereocenters. The van der Waals surface area contributed by atoms with Crippen LogP contribution in [0.4, 0.5) is 0 Å². The topological polar surface area (TPSA) is 41.6 Å². The molecule has 0 aliphatic rings. The van der Waals surface area contributed by atoms with Gasteiger partial charge in [-0.3, -0.25) is 0 Å². The van der Waals surface area contributed by atoms with E-state index in [9.17, 15) is 0 Å². The highest BCUT2D eigenvalue weighted by molar-refractivity contribution is 4.91. The molecule has 0 aliphatic heterocycles. The SMILES string of the molecule is CCC.CCC(C)(C)CCc1cn[nH]n1. The fourth-order valence-electron chi connectivity index (χ4n) is 0.989. The first-order valence-corrected chi connectivity index (χ1v) is 5.90. The van der Waals surface area contributed by atoms with E-state index in [1.165, 1.54) is 19.3 Å². The van der Waals surface area contributed by atoms with E-state index in [1.54, 1.807) is 6.20 Å². The summed E-state index contributed by atoms with van der Waals surface area (Å²) in [6, 6.07) is 0. The molecule has 0 spiro atoms. The summed E-state index contributed by atoms with van der Waals surface area (Å²) in [5.74, 6) is 0. The van der Waals surface area contributed by atoms with Crippen molar-refractivity contribution in [2.75, 3.05) is 0 Å². The van der Waals surface area contributed by atoms with Crippen molar-refractivity contribution in [2.45, 2.75) is 60.3 Å². The van der Waals surface area contributed by atoms with E-state index >= 15 is 0 Å². The zero-order chi connectivity index (χ0) is 11.7. The van der Waals surface area contributed by atoms with Crippen LogP contribution in [0.1, 0.15) is 59.6 Å². The number of aromatic nitrogens is 3. The van der Waals surface area contributed by atoms with E-state index in [2.05, 4.69) is 50.0 Å². The molecule has 0 atom stereocenters. The second-order valence-corrected chi connectivity index (χ2v) is 4.69. The van der Waals surface area contributed by atoms with Crippen LogP contribution in [0.25, 0.3) is 0 Å². The van der Waals surface area contributed by atoms with E-state index < -0.39 is 0 Å². The van der Waals surface area contributed by atoms with Gasteiger partial charge in [-0.2, -0.15) is 15.4 Å². The quantitative estimate of drug-likeness (QED) is 0.827. The van der Waals surface area contributed by atoms with Crippen molar-refractivity contribution >= 4 is 0 Å². The van der Waals surface area contributed by atoms with Crippen molar-refractivity contribution in [3.05, 3.63) is 11.9 Å². The summed E-state index contributed by atoms with van der Waals surface area (Å²) < 4.78 is 0. The van der Waals surface area contributed by atoms with Gasteiger partial charge in [-0.25, -0.2) is 0 Å². The van der Waals surface area contributed by atoms with Crippen LogP contribution in [-0.4, -0.2) is 15.4 Å². The number of hydrogen-bond donors (Lipinski definition) is 1. The number of rotatable bonds is 4. The van der Waals surface area contributed by atoms with E-state index in [-0.39, 0.29) is 0 Å². The Bertz CT molecular complexity index is 227. The Kier molecular flexibility index (Phi) is 7.01. The molecule has 1 aromatic heterocycles. The Balaban J connectivity index is 0.000000583. The van der Waals surface area contributed by atoms with Crippen molar-refractivity contribution in [3.8, 4) is 0 Å². The first kappa shape index (κ1) is 14.1. The summed E-state index contributed by atoms with van der Waals surface area (Å²) in [4.78, 5) is 0. The number of hydrogen-bond acceptors (Lipinski definition) is 2. The Hall–Kier alpha value is -0.860. The summed E-state index contributed by atoms with van der Waals surface area (Å²) in [6.45, 7) is 11.0. The molecule has 88 valence electrons. The summed E-state index contributed by atoms with van der Waals surface area (Å²) >= 11 is 0. The highest BCUT2D eigenvalue weighted by Crippen LogP contribution is 2.25. The lowest BCUT2D eigenvalue weighted by Crippen LogP contribution is -2.10. The molecular weight excluding hydrogens is 186 g/mol. The van der Waals surface area contributed by atoms with Crippen LogP contribution in [-0.2, 0) is 6.42 Å². The molecule has 0 saturated carbocycles. The number of aromatic amines is 1. The molecule has 0 bridgehead atoms. The van der Waals surface area contributed by atoms with Crippen LogP contribution >= 0.6 is 0 Å². The van der Waals surface area contributed by atoms with Crippen molar-refractivity contribution in [3.63, 3.8) is 0 Å². The van der Waals surface area contributed by atoms with E-state index in [4.69, 9.17) is 0 Å². The predicted molar refractivity (Wildman–Crippen MR) is 64.7 cm³/mol. The van der Waals surface area contributed by atoms with Gasteiger partial charge in [0.1, 0.15) is 0 Å². The second-order valence-electron chi connectivity index (χ2n) is 4.69. The van der Waals surface area contributed by atoms with Crippen LogP contribution in [0.3, 0.4) is 0 Å². The van der Waals surface area contributed by atoms with Gasteiger partial charge in [-0.1, -0.05) is 47.5 Å². The van der Waals surface area contributed by atoms with E-state index in [1.807, 2.05) is 0 Å². The zero-order valence-corrected chi connectivity index (χ0v) is 10.8. The minimum absolute atomic E-state index is 0.430. The molecule has 1 aromatic rings. The maximum atomic E-state index is 4.02. The van der Waals surface area contributed by atoms with Gasteiger partial charge in [-0.05, 0) is 18.3 Å². The molecule has 0 aliphatic carbocycles. The third-order valence-electron chi connectivity index (χ3n) is 2.48. The molecular formula is C12H25N3. The lowest BCUT2D eigenvalue weighted by Gasteiger charge is -2.21. The van der Waals surface area contributed by atoms with Crippen LogP contribution in [0, 0.1) is 5.41 Å². The monoisotopic (exact) mass is 211 g/mol. The highest BCUT2D eigenvalue weighted by Gasteiger charge is 2.14. The lowest BCUT2D eigenvalue weighted by atomic mass is 9.85. The van der Waals surface area contributed by atoms with Crippen molar-refractivity contribution in [2.24, 2.45) is 5.41 Å². The largest absolute Gasteiger partial charge is 0.198 e. The predicted octanol–water partition coefficient (Wildman–Crippen LogP) is 3.59. The van der Waals surface area contributed by atoms with Crippen LogP contribution in [0.2, 0.25) is 0 Å². The summed E-state index contributed by atoms with van der Waals surface area (Å²) in [5, 5.41) is 10.4. The van der Waals surface area contributed by atoms with Gasteiger partial charge in [0.05, 0.1) is 11.9 Å². The third-order valence-corrected chi connectivity index (χ3v) is 2.48. The van der Waals surface area contributed by atoms with Crippen LogP contribution in [0.15, 0.2) is 6.20 Å². The maximum absolute atomic E-state index is 4.02. The van der Waals surface area contributed by atoms with Gasteiger partial charge < -0.3 is 0 Å². The number of aryl methyl sites for hydroxylation is 1. The van der Waals surface area contributed by atoms with Gasteiger partial charge in [0.2, 0.25) is 0 Å². The number of H-pyrrole nitrogens is 1. The standard InChI is InChI=1S/C9H17N3.C3H8/c1-4-9(2,3)6-5-8-7-10-12-11-8;1-3-2/h7H,4-6H2,1-3H3,(H,10,11,12);3H2,1-2H3. The van der Waals surface area contributed by atoms with Gasteiger partial charge in [-0.15, -0.1) is 0 Å². The molecule has 0 saturated heterocycles. The van der Waals surface area contributed by atoms with Gasteiger partial charge in [0.25, 0.3) is 0 Å². The minimum Gasteiger partial charge on any atom is -0.198 e. The fraction of sp³-hybridized carbons (Fsp3) is 0.833. The summed E-state index contributed by atoms with van der Waals surface area (Å²) in [5.41, 5.74) is 1.50. The van der Waals surface area contributed by atoms with Gasteiger partial charge >= 0.3 is 0 Å². The number of nitrogens with zero attached hydrogens (tertiary/aromatic N) is 2. The molecule has 0 radical (unpaired) electrons. The molecule has 0 amide bonds. The van der Waals surface area contributed by atoms with Crippen molar-refractivity contribution in [1.29, 1.82) is 0 Å². The highest BCUT2D eigenvalue weighted by atomic mass is 15.3. The zero-order valence-electron chi connectivity index (χ0n) is 10.8. The first-order valence-electron chi connectivity index (χ1n) is 5.90. The Labute approximate surface area is 93.7 Å². The Morgan fingerprint density at radius 3 is 2.27 bits per heavy atom. The van der Waals surface area contributed by atoms with Gasteiger partial charge in [0, 0.05) is 0 Å². The fourth-order valence-corrected chi connectivity index (χ4v) is 0.989. The van der Waals surface area contributed by atoms with Gasteiger partial charge in [0.15, 0.2) is 0 Å². The van der Waals surface area contributed by atoms with Crippen molar-refractivity contribution < 1.29 is 0 Å². The van der Waals surface area contributed by atoms with E-state index in [0.29, 0.717) is 5.41 Å². The molecule has 1 rings (SSSR count). The molecule has 1 heterocycles. The molecule has 15 heavy (non-hydrogen) atoms. The van der Waals surface area contributed by atoms with Crippen molar-refractivity contribution in [1.82, 2.24) is 15.4 Å². The second kappa shape index (κ2) is 7.43. The Morgan fingerprint density at radius 2 is 1.87 bits per heavy atom. The lowest BCUT2D eigenvalue weighted by molar-refractivity contribution is 0.321. The van der Waals surface area contributed by atoms with E-state index in [0.717, 1.165) is 12.1 Å². The molecule has 3 nitrogen and oxygen atoms in total.